The Morgan fingerprint density at radius 1 is 1.23 bits per heavy atom. The van der Waals surface area contributed by atoms with Crippen molar-refractivity contribution in [3.8, 4) is 0 Å². The number of benzene rings is 1. The average Bonchev–Trinajstić information content (AvgIpc) is 2.72. The van der Waals surface area contributed by atoms with E-state index in [9.17, 15) is 19.2 Å². The van der Waals surface area contributed by atoms with Gasteiger partial charge in [0, 0.05) is 12.7 Å². The first-order chi connectivity index (χ1) is 12.0. The number of hydrogen-bond donors (Lipinski definition) is 2. The molecule has 2 N–H and O–H groups in total. The van der Waals surface area contributed by atoms with Crippen LogP contribution in [-0.4, -0.2) is 59.2 Å². The minimum absolute atomic E-state index is 0.258. The number of urea groups is 1. The van der Waals surface area contributed by atoms with Crippen LogP contribution in [0.5, 0.6) is 0 Å². The monoisotopic (exact) mass is 400 g/mol. The molecule has 1 fully saturated rings. The van der Waals surface area contributed by atoms with Crippen molar-refractivity contribution in [2.75, 3.05) is 25.5 Å². The third kappa shape index (κ3) is 4.44. The zero-order chi connectivity index (χ0) is 19.6. The van der Waals surface area contributed by atoms with Crippen LogP contribution in [0.3, 0.4) is 0 Å². The lowest BCUT2D eigenvalue weighted by Crippen LogP contribution is -2.45. The largest absolute Gasteiger partial charge is 0.335 e. The van der Waals surface area contributed by atoms with Gasteiger partial charge >= 0.3 is 6.03 Å². The van der Waals surface area contributed by atoms with Gasteiger partial charge in [0.05, 0.1) is 16.6 Å². The summed E-state index contributed by atoms with van der Waals surface area (Å²) < 4.78 is 0. The van der Waals surface area contributed by atoms with E-state index >= 15 is 0 Å². The van der Waals surface area contributed by atoms with Gasteiger partial charge in [-0.05, 0) is 32.0 Å². The van der Waals surface area contributed by atoms with Crippen molar-refractivity contribution < 1.29 is 19.2 Å². The second-order valence-electron chi connectivity index (χ2n) is 6.37. The SMILES string of the molecule is CN(CC(=O)Nc1ccc(Cl)c(Cl)c1)C(=O)CN1C(=O)NC(C)(C)C1=O. The summed E-state index contributed by atoms with van der Waals surface area (Å²) in [6.45, 7) is 2.40. The van der Waals surface area contributed by atoms with Gasteiger partial charge in [-0.25, -0.2) is 4.79 Å². The molecule has 1 aromatic carbocycles. The molecule has 26 heavy (non-hydrogen) atoms. The topological polar surface area (TPSA) is 98.8 Å². The second-order valence-corrected chi connectivity index (χ2v) is 7.19. The van der Waals surface area contributed by atoms with Crippen LogP contribution < -0.4 is 10.6 Å². The Morgan fingerprint density at radius 3 is 2.42 bits per heavy atom. The van der Waals surface area contributed by atoms with Gasteiger partial charge in [-0.15, -0.1) is 0 Å². The predicted molar refractivity (Wildman–Crippen MR) is 97.1 cm³/mol. The maximum Gasteiger partial charge on any atom is 0.325 e. The lowest BCUT2D eigenvalue weighted by Gasteiger charge is -2.20. The summed E-state index contributed by atoms with van der Waals surface area (Å²) in [5.41, 5.74) is -0.623. The number of carbonyl (C=O) groups excluding carboxylic acids is 4. The van der Waals surface area contributed by atoms with E-state index < -0.39 is 35.8 Å². The fourth-order valence-corrected chi connectivity index (χ4v) is 2.59. The zero-order valence-corrected chi connectivity index (χ0v) is 15.9. The van der Waals surface area contributed by atoms with Crippen molar-refractivity contribution in [2.45, 2.75) is 19.4 Å². The second kappa shape index (κ2) is 7.51. The summed E-state index contributed by atoms with van der Waals surface area (Å²) in [6.07, 6.45) is 0. The number of likely N-dealkylation sites (N-methyl/N-ethyl adjacent to an activating group) is 1. The molecule has 1 heterocycles. The molecule has 0 saturated carbocycles. The predicted octanol–water partition coefficient (Wildman–Crippen LogP) is 1.72. The molecule has 1 saturated heterocycles. The van der Waals surface area contributed by atoms with Gasteiger partial charge in [0.2, 0.25) is 11.8 Å². The summed E-state index contributed by atoms with van der Waals surface area (Å²) in [4.78, 5) is 50.1. The van der Waals surface area contributed by atoms with Crippen molar-refractivity contribution in [3.05, 3.63) is 28.2 Å². The third-order valence-electron chi connectivity index (χ3n) is 3.75. The lowest BCUT2D eigenvalue weighted by molar-refractivity contribution is -0.138. The Bertz CT molecular complexity index is 782. The Morgan fingerprint density at radius 2 is 1.88 bits per heavy atom. The third-order valence-corrected chi connectivity index (χ3v) is 4.49. The summed E-state index contributed by atoms with van der Waals surface area (Å²) in [6, 6.07) is 3.96. The van der Waals surface area contributed by atoms with E-state index in [1.807, 2.05) is 0 Å². The number of halogens is 2. The average molecular weight is 401 g/mol. The maximum absolute atomic E-state index is 12.2. The minimum atomic E-state index is -1.05. The molecule has 0 bridgehead atoms. The molecule has 140 valence electrons. The summed E-state index contributed by atoms with van der Waals surface area (Å²) in [5, 5.41) is 5.71. The number of amides is 5. The highest BCUT2D eigenvalue weighted by molar-refractivity contribution is 6.42. The van der Waals surface area contributed by atoms with E-state index in [-0.39, 0.29) is 11.6 Å². The first kappa shape index (κ1) is 20.0. The molecule has 8 nitrogen and oxygen atoms in total. The highest BCUT2D eigenvalue weighted by atomic mass is 35.5. The molecule has 0 unspecified atom stereocenters. The van der Waals surface area contributed by atoms with Gasteiger partial charge in [-0.3, -0.25) is 19.3 Å². The van der Waals surface area contributed by atoms with E-state index in [1.54, 1.807) is 19.9 Å². The molecule has 0 atom stereocenters. The van der Waals surface area contributed by atoms with Crippen LogP contribution in [0.2, 0.25) is 10.0 Å². The van der Waals surface area contributed by atoms with Crippen LogP contribution in [0.4, 0.5) is 10.5 Å². The molecule has 1 aliphatic heterocycles. The molecule has 10 heteroatoms. The quantitative estimate of drug-likeness (QED) is 0.734. The van der Waals surface area contributed by atoms with Crippen molar-refractivity contribution in [2.24, 2.45) is 0 Å². The van der Waals surface area contributed by atoms with Crippen LogP contribution in [-0.2, 0) is 14.4 Å². The number of hydrogen-bond acceptors (Lipinski definition) is 4. The van der Waals surface area contributed by atoms with E-state index in [0.717, 1.165) is 9.80 Å². The first-order valence-electron chi connectivity index (χ1n) is 7.64. The Hall–Kier alpha value is -2.32. The lowest BCUT2D eigenvalue weighted by atomic mass is 10.1. The molecular formula is C16H18Cl2N4O4. The summed E-state index contributed by atoms with van der Waals surface area (Å²) in [7, 11) is 1.40. The van der Waals surface area contributed by atoms with Crippen molar-refractivity contribution in [3.63, 3.8) is 0 Å². The summed E-state index contributed by atoms with van der Waals surface area (Å²) in [5.74, 6) is -1.50. The van der Waals surface area contributed by atoms with Gasteiger partial charge in [-0.2, -0.15) is 0 Å². The Kier molecular flexibility index (Phi) is 5.77. The Balaban J connectivity index is 1.92. The van der Waals surface area contributed by atoms with E-state index in [2.05, 4.69) is 10.6 Å². The molecule has 5 amide bonds. The number of rotatable bonds is 5. The number of nitrogens with zero attached hydrogens (tertiary/aromatic N) is 2. The fraction of sp³-hybridized carbons (Fsp3) is 0.375. The molecule has 1 aliphatic rings. The Labute approximate surface area is 160 Å². The zero-order valence-electron chi connectivity index (χ0n) is 14.4. The minimum Gasteiger partial charge on any atom is -0.335 e. The van der Waals surface area contributed by atoms with Crippen LogP contribution in [0, 0.1) is 0 Å². The van der Waals surface area contributed by atoms with Crippen LogP contribution in [0.25, 0.3) is 0 Å². The molecule has 0 radical (unpaired) electrons. The number of nitrogens with one attached hydrogen (secondary N) is 2. The van der Waals surface area contributed by atoms with Crippen molar-refractivity contribution >= 4 is 52.6 Å². The van der Waals surface area contributed by atoms with Crippen molar-refractivity contribution in [1.29, 1.82) is 0 Å². The first-order valence-corrected chi connectivity index (χ1v) is 8.40. The molecule has 0 spiro atoms. The fourth-order valence-electron chi connectivity index (χ4n) is 2.30. The molecule has 1 aromatic rings. The van der Waals surface area contributed by atoms with Crippen LogP contribution in [0.1, 0.15) is 13.8 Å². The van der Waals surface area contributed by atoms with Gasteiger partial charge in [0.15, 0.2) is 0 Å². The number of anilines is 1. The standard InChI is InChI=1S/C16H18Cl2N4O4/c1-16(2)14(25)22(15(26)20-16)8-13(24)21(3)7-12(23)19-9-4-5-10(17)11(18)6-9/h4-6H,7-8H2,1-3H3,(H,19,23)(H,20,26). The smallest absolute Gasteiger partial charge is 0.325 e. The maximum atomic E-state index is 12.2. The van der Waals surface area contributed by atoms with E-state index in [4.69, 9.17) is 23.2 Å². The number of carbonyl (C=O) groups is 4. The van der Waals surface area contributed by atoms with Crippen LogP contribution in [0.15, 0.2) is 18.2 Å². The molecule has 0 aliphatic carbocycles. The highest BCUT2D eigenvalue weighted by Crippen LogP contribution is 2.25. The van der Waals surface area contributed by atoms with E-state index in [0.29, 0.717) is 10.7 Å². The van der Waals surface area contributed by atoms with E-state index in [1.165, 1.54) is 19.2 Å². The van der Waals surface area contributed by atoms with Gasteiger partial charge in [-0.1, -0.05) is 23.2 Å². The molecule has 2 rings (SSSR count). The van der Waals surface area contributed by atoms with Gasteiger partial charge < -0.3 is 15.5 Å². The molecular weight excluding hydrogens is 383 g/mol. The summed E-state index contributed by atoms with van der Waals surface area (Å²) >= 11 is 11.7. The van der Waals surface area contributed by atoms with Crippen LogP contribution >= 0.6 is 23.2 Å². The van der Waals surface area contributed by atoms with Crippen molar-refractivity contribution in [1.82, 2.24) is 15.1 Å². The van der Waals surface area contributed by atoms with Gasteiger partial charge in [0.1, 0.15) is 12.1 Å². The normalized spacial score (nSPS) is 15.7. The van der Waals surface area contributed by atoms with Gasteiger partial charge in [0.25, 0.3) is 5.91 Å². The number of imide groups is 1. The highest BCUT2D eigenvalue weighted by Gasteiger charge is 2.45. The molecule has 0 aromatic heterocycles.